The molecule has 4 N–H and O–H groups in total. The van der Waals surface area contributed by atoms with Crippen molar-refractivity contribution >= 4 is 35.4 Å². The Morgan fingerprint density at radius 1 is 0.718 bits per heavy atom. The number of anilines is 2. The van der Waals surface area contributed by atoms with Crippen LogP contribution in [0.4, 0.5) is 11.4 Å². The summed E-state index contributed by atoms with van der Waals surface area (Å²) in [5.74, 6) is -0.464. The molecule has 3 rings (SSSR count). The minimum atomic E-state index is -0.557. The van der Waals surface area contributed by atoms with Gasteiger partial charge in [0.25, 0.3) is 0 Å². The van der Waals surface area contributed by atoms with E-state index < -0.39 is 17.9 Å². The number of nitrogen functional groups attached to an aromatic ring is 2. The molecule has 39 heavy (non-hydrogen) atoms. The molecule has 3 aromatic rings. The SMILES string of the molecule is CCCCOc1ccc(OC(=O)C=Cc2ccc(C(=O)OCCCOC(=O)c3cc(N)cc(N)c3)cc2)cc1. The van der Waals surface area contributed by atoms with Crippen LogP contribution in [0.5, 0.6) is 11.5 Å². The van der Waals surface area contributed by atoms with Crippen molar-refractivity contribution in [3.8, 4) is 11.5 Å². The van der Waals surface area contributed by atoms with Gasteiger partial charge in [-0.2, -0.15) is 0 Å². The first-order chi connectivity index (χ1) is 18.8. The zero-order chi connectivity index (χ0) is 28.0. The average Bonchev–Trinajstić information content (AvgIpc) is 2.92. The van der Waals surface area contributed by atoms with E-state index >= 15 is 0 Å². The Labute approximate surface area is 227 Å². The summed E-state index contributed by atoms with van der Waals surface area (Å²) in [5.41, 5.74) is 13.4. The molecule has 0 spiro atoms. The smallest absolute Gasteiger partial charge is 0.338 e. The van der Waals surface area contributed by atoms with Gasteiger partial charge in [0.1, 0.15) is 11.5 Å². The third kappa shape index (κ3) is 9.88. The average molecular weight is 533 g/mol. The summed E-state index contributed by atoms with van der Waals surface area (Å²) in [6.07, 6.45) is 5.25. The van der Waals surface area contributed by atoms with Crippen LogP contribution in [-0.4, -0.2) is 37.7 Å². The lowest BCUT2D eigenvalue weighted by atomic mass is 10.1. The van der Waals surface area contributed by atoms with Crippen LogP contribution in [0.15, 0.2) is 72.8 Å². The van der Waals surface area contributed by atoms with Gasteiger partial charge in [-0.25, -0.2) is 14.4 Å². The van der Waals surface area contributed by atoms with Crippen LogP contribution >= 0.6 is 0 Å². The van der Waals surface area contributed by atoms with Gasteiger partial charge in [-0.1, -0.05) is 25.5 Å². The van der Waals surface area contributed by atoms with Crippen LogP contribution in [0.2, 0.25) is 0 Å². The molecule has 0 aliphatic carbocycles. The molecule has 0 fully saturated rings. The third-order valence-electron chi connectivity index (χ3n) is 5.34. The van der Waals surface area contributed by atoms with Crippen LogP contribution in [0.1, 0.15) is 52.5 Å². The molecule has 9 nitrogen and oxygen atoms in total. The van der Waals surface area contributed by atoms with Gasteiger partial charge < -0.3 is 30.4 Å². The van der Waals surface area contributed by atoms with E-state index in [2.05, 4.69) is 6.92 Å². The molecule has 0 aliphatic heterocycles. The zero-order valence-corrected chi connectivity index (χ0v) is 21.8. The van der Waals surface area contributed by atoms with Gasteiger partial charge in [-0.05, 0) is 72.7 Å². The molecule has 3 aromatic carbocycles. The highest BCUT2D eigenvalue weighted by Gasteiger charge is 2.10. The first-order valence-electron chi connectivity index (χ1n) is 12.6. The van der Waals surface area contributed by atoms with E-state index in [1.165, 1.54) is 18.2 Å². The molecule has 0 bridgehead atoms. The fourth-order valence-corrected chi connectivity index (χ4v) is 3.33. The summed E-state index contributed by atoms with van der Waals surface area (Å²) in [7, 11) is 0. The number of ether oxygens (including phenoxy) is 4. The van der Waals surface area contributed by atoms with E-state index in [-0.39, 0.29) is 18.8 Å². The highest BCUT2D eigenvalue weighted by Crippen LogP contribution is 2.18. The third-order valence-corrected chi connectivity index (χ3v) is 5.34. The highest BCUT2D eigenvalue weighted by molar-refractivity contribution is 5.92. The number of esters is 3. The number of unbranched alkanes of at least 4 members (excludes halogenated alkanes) is 1. The predicted molar refractivity (Wildman–Crippen MR) is 148 cm³/mol. The molecule has 0 heterocycles. The summed E-state index contributed by atoms with van der Waals surface area (Å²) in [4.78, 5) is 36.4. The number of nitrogens with two attached hydrogens (primary N) is 2. The van der Waals surface area contributed by atoms with Crippen molar-refractivity contribution in [3.05, 3.63) is 89.5 Å². The lowest BCUT2D eigenvalue weighted by Crippen LogP contribution is -2.11. The van der Waals surface area contributed by atoms with Crippen molar-refractivity contribution in [2.75, 3.05) is 31.3 Å². The van der Waals surface area contributed by atoms with Gasteiger partial charge in [0.15, 0.2) is 0 Å². The molecule has 9 heteroatoms. The number of carbonyl (C=O) groups excluding carboxylic acids is 3. The number of rotatable bonds is 13. The second kappa shape index (κ2) is 14.8. The molecule has 0 atom stereocenters. The molecule has 0 aromatic heterocycles. The van der Waals surface area contributed by atoms with E-state index in [4.69, 9.17) is 30.4 Å². The topological polar surface area (TPSA) is 140 Å². The van der Waals surface area contributed by atoms with Gasteiger partial charge in [0.2, 0.25) is 0 Å². The standard InChI is InChI=1S/C30H32N2O7/c1-2-3-15-36-26-10-12-27(13-11-26)39-28(33)14-7-21-5-8-22(9-6-21)29(34)37-16-4-17-38-30(35)23-18-24(31)20-25(32)19-23/h5-14,18-20H,2-4,15-17,31-32H2,1H3. The minimum absolute atomic E-state index is 0.0670. The Kier molecular flexibility index (Phi) is 10.9. The number of hydrogen-bond donors (Lipinski definition) is 2. The fourth-order valence-electron chi connectivity index (χ4n) is 3.33. The Balaban J connectivity index is 1.37. The van der Waals surface area contributed by atoms with E-state index in [0.29, 0.717) is 41.3 Å². The number of hydrogen-bond acceptors (Lipinski definition) is 9. The van der Waals surface area contributed by atoms with Crippen molar-refractivity contribution < 1.29 is 33.3 Å². The van der Waals surface area contributed by atoms with Gasteiger partial charge >= 0.3 is 17.9 Å². The van der Waals surface area contributed by atoms with Gasteiger partial charge in [0.05, 0.1) is 30.9 Å². The number of carbonyl (C=O) groups is 3. The van der Waals surface area contributed by atoms with Gasteiger partial charge in [0, 0.05) is 23.9 Å². The lowest BCUT2D eigenvalue weighted by Gasteiger charge is -2.08. The Morgan fingerprint density at radius 3 is 1.92 bits per heavy atom. The molecule has 0 radical (unpaired) electrons. The highest BCUT2D eigenvalue weighted by atomic mass is 16.5. The largest absolute Gasteiger partial charge is 0.494 e. The van der Waals surface area contributed by atoms with E-state index in [1.54, 1.807) is 60.7 Å². The van der Waals surface area contributed by atoms with Crippen LogP contribution in [0.3, 0.4) is 0 Å². The van der Waals surface area contributed by atoms with Crippen molar-refractivity contribution in [2.24, 2.45) is 0 Å². The van der Waals surface area contributed by atoms with Crippen molar-refractivity contribution in [1.82, 2.24) is 0 Å². The molecular weight excluding hydrogens is 500 g/mol. The summed E-state index contributed by atoms with van der Waals surface area (Å²) < 4.78 is 21.3. The van der Waals surface area contributed by atoms with Crippen molar-refractivity contribution in [1.29, 1.82) is 0 Å². The van der Waals surface area contributed by atoms with Gasteiger partial charge in [-0.15, -0.1) is 0 Å². The van der Waals surface area contributed by atoms with E-state index in [0.717, 1.165) is 18.6 Å². The summed E-state index contributed by atoms with van der Waals surface area (Å²) in [6.45, 7) is 2.88. The quantitative estimate of drug-likeness (QED) is 0.102. The van der Waals surface area contributed by atoms with Crippen LogP contribution in [0.25, 0.3) is 6.08 Å². The monoisotopic (exact) mass is 532 g/mol. The second-order valence-corrected chi connectivity index (χ2v) is 8.56. The molecule has 0 amide bonds. The maximum atomic E-state index is 12.3. The molecule has 0 unspecified atom stereocenters. The van der Waals surface area contributed by atoms with E-state index in [1.807, 2.05) is 0 Å². The van der Waals surface area contributed by atoms with Gasteiger partial charge in [-0.3, -0.25) is 0 Å². The Hall–Kier alpha value is -4.79. The molecule has 0 aliphatic rings. The summed E-state index contributed by atoms with van der Waals surface area (Å²) >= 11 is 0. The minimum Gasteiger partial charge on any atom is -0.494 e. The second-order valence-electron chi connectivity index (χ2n) is 8.56. The first-order valence-corrected chi connectivity index (χ1v) is 12.6. The van der Waals surface area contributed by atoms with E-state index in [9.17, 15) is 14.4 Å². The normalized spacial score (nSPS) is 10.7. The van der Waals surface area contributed by atoms with Crippen LogP contribution < -0.4 is 20.9 Å². The Morgan fingerprint density at radius 2 is 1.31 bits per heavy atom. The van der Waals surface area contributed by atoms with Crippen molar-refractivity contribution in [2.45, 2.75) is 26.2 Å². The van der Waals surface area contributed by atoms with Crippen molar-refractivity contribution in [3.63, 3.8) is 0 Å². The predicted octanol–water partition coefficient (Wildman–Crippen LogP) is 5.05. The zero-order valence-electron chi connectivity index (χ0n) is 21.8. The first kappa shape index (κ1) is 28.8. The summed E-state index contributed by atoms with van der Waals surface area (Å²) in [5, 5.41) is 0. The maximum absolute atomic E-state index is 12.3. The molecule has 204 valence electrons. The summed E-state index contributed by atoms with van der Waals surface area (Å²) in [6, 6.07) is 17.9. The fraction of sp³-hybridized carbons (Fsp3) is 0.233. The molecular formula is C30H32N2O7. The van der Waals surface area contributed by atoms with Crippen LogP contribution in [0, 0.1) is 0 Å². The van der Waals surface area contributed by atoms with Crippen LogP contribution in [-0.2, 0) is 14.3 Å². The maximum Gasteiger partial charge on any atom is 0.338 e. The molecule has 0 saturated heterocycles. The molecule has 0 saturated carbocycles. The number of benzene rings is 3. The Bertz CT molecular complexity index is 1270. The lowest BCUT2D eigenvalue weighted by molar-refractivity contribution is -0.128.